The molecule has 2 rings (SSSR count). The van der Waals surface area contributed by atoms with E-state index < -0.39 is 0 Å². The predicted octanol–water partition coefficient (Wildman–Crippen LogP) is 1.14. The average Bonchev–Trinajstić information content (AvgIpc) is 2.67. The van der Waals surface area contributed by atoms with Crippen molar-refractivity contribution < 1.29 is 4.79 Å². The number of rotatable bonds is 3. The lowest BCUT2D eigenvalue weighted by Crippen LogP contribution is -2.02. The molecule has 2 aromatic heterocycles. The Labute approximate surface area is 81.2 Å². The molecular weight excluding hydrogens is 178 g/mol. The first-order chi connectivity index (χ1) is 6.90. The fourth-order valence-electron chi connectivity index (χ4n) is 1.25. The normalized spacial score (nSPS) is 10.0. The summed E-state index contributed by atoms with van der Waals surface area (Å²) in [6.45, 7) is 0.627. The monoisotopic (exact) mass is 187 g/mol. The number of aldehydes is 1. The summed E-state index contributed by atoms with van der Waals surface area (Å²) in [4.78, 5) is 18.5. The first-order valence-corrected chi connectivity index (χ1v) is 4.24. The van der Waals surface area contributed by atoms with Crippen LogP contribution >= 0.6 is 0 Å². The second-order valence-electron chi connectivity index (χ2n) is 2.93. The molecule has 0 N–H and O–H groups in total. The van der Waals surface area contributed by atoms with Crippen LogP contribution in [0, 0.1) is 0 Å². The number of carbonyl (C=O) groups is 1. The molecule has 0 fully saturated rings. The van der Waals surface area contributed by atoms with Crippen molar-refractivity contribution in [2.24, 2.45) is 0 Å². The molecule has 14 heavy (non-hydrogen) atoms. The van der Waals surface area contributed by atoms with Crippen LogP contribution < -0.4 is 0 Å². The van der Waals surface area contributed by atoms with Crippen LogP contribution in [0.25, 0.3) is 0 Å². The topological polar surface area (TPSA) is 47.8 Å². The highest BCUT2D eigenvalue weighted by molar-refractivity contribution is 5.71. The Morgan fingerprint density at radius 1 is 1.36 bits per heavy atom. The SMILES string of the molecule is O=Cc1cncn1Cc1cccnc1. The summed E-state index contributed by atoms with van der Waals surface area (Å²) in [5.41, 5.74) is 1.63. The fraction of sp³-hybridized carbons (Fsp3) is 0.100. The first kappa shape index (κ1) is 8.62. The third-order valence-electron chi connectivity index (χ3n) is 1.94. The quantitative estimate of drug-likeness (QED) is 0.677. The van der Waals surface area contributed by atoms with Crippen LogP contribution in [0.15, 0.2) is 37.1 Å². The summed E-state index contributed by atoms with van der Waals surface area (Å²) < 4.78 is 1.78. The van der Waals surface area contributed by atoms with Crippen LogP contribution in [0.5, 0.6) is 0 Å². The Kier molecular flexibility index (Phi) is 2.36. The summed E-state index contributed by atoms with van der Waals surface area (Å²) in [7, 11) is 0. The van der Waals surface area contributed by atoms with Crippen molar-refractivity contribution in [1.29, 1.82) is 0 Å². The Hall–Kier alpha value is -1.97. The summed E-state index contributed by atoms with van der Waals surface area (Å²) in [5.74, 6) is 0. The van der Waals surface area contributed by atoms with Crippen molar-refractivity contribution in [2.75, 3.05) is 0 Å². The minimum atomic E-state index is 0.578. The van der Waals surface area contributed by atoms with Crippen LogP contribution in [-0.2, 0) is 6.54 Å². The maximum absolute atomic E-state index is 10.6. The zero-order chi connectivity index (χ0) is 9.80. The highest BCUT2D eigenvalue weighted by atomic mass is 16.1. The molecule has 0 saturated heterocycles. The van der Waals surface area contributed by atoms with Gasteiger partial charge in [0.2, 0.25) is 0 Å². The molecular formula is C10H9N3O. The van der Waals surface area contributed by atoms with Gasteiger partial charge in [0.25, 0.3) is 0 Å². The van der Waals surface area contributed by atoms with Gasteiger partial charge in [-0.1, -0.05) is 6.07 Å². The van der Waals surface area contributed by atoms with Crippen molar-refractivity contribution in [3.8, 4) is 0 Å². The van der Waals surface area contributed by atoms with E-state index in [1.54, 1.807) is 29.5 Å². The molecule has 0 aliphatic heterocycles. The van der Waals surface area contributed by atoms with E-state index in [-0.39, 0.29) is 0 Å². The van der Waals surface area contributed by atoms with Gasteiger partial charge in [-0.3, -0.25) is 9.78 Å². The van der Waals surface area contributed by atoms with Gasteiger partial charge in [-0.2, -0.15) is 0 Å². The minimum Gasteiger partial charge on any atom is -0.324 e. The average molecular weight is 187 g/mol. The van der Waals surface area contributed by atoms with Gasteiger partial charge in [0.1, 0.15) is 5.69 Å². The predicted molar refractivity (Wildman–Crippen MR) is 51.0 cm³/mol. The van der Waals surface area contributed by atoms with Gasteiger partial charge >= 0.3 is 0 Å². The van der Waals surface area contributed by atoms with E-state index in [9.17, 15) is 4.79 Å². The van der Waals surface area contributed by atoms with Crippen molar-refractivity contribution >= 4 is 6.29 Å². The standard InChI is InChI=1S/C10H9N3O/c14-7-10-5-12-8-13(10)6-9-2-1-3-11-4-9/h1-5,7-8H,6H2. The van der Waals surface area contributed by atoms with Gasteiger partial charge in [0.05, 0.1) is 19.1 Å². The van der Waals surface area contributed by atoms with Crippen LogP contribution in [0.3, 0.4) is 0 Å². The molecule has 0 radical (unpaired) electrons. The number of nitrogens with zero attached hydrogens (tertiary/aromatic N) is 3. The van der Waals surface area contributed by atoms with Crippen molar-refractivity contribution in [1.82, 2.24) is 14.5 Å². The van der Waals surface area contributed by atoms with Crippen LogP contribution in [0.2, 0.25) is 0 Å². The van der Waals surface area contributed by atoms with Crippen molar-refractivity contribution in [3.63, 3.8) is 0 Å². The fourth-order valence-corrected chi connectivity index (χ4v) is 1.25. The zero-order valence-corrected chi connectivity index (χ0v) is 7.50. The van der Waals surface area contributed by atoms with Crippen LogP contribution in [-0.4, -0.2) is 20.8 Å². The van der Waals surface area contributed by atoms with Gasteiger partial charge in [0, 0.05) is 12.4 Å². The van der Waals surface area contributed by atoms with Gasteiger partial charge in [0.15, 0.2) is 6.29 Å². The van der Waals surface area contributed by atoms with E-state index in [2.05, 4.69) is 9.97 Å². The molecule has 0 bridgehead atoms. The van der Waals surface area contributed by atoms with Crippen molar-refractivity contribution in [3.05, 3.63) is 48.3 Å². The highest BCUT2D eigenvalue weighted by Crippen LogP contribution is 2.02. The summed E-state index contributed by atoms with van der Waals surface area (Å²) in [6, 6.07) is 3.83. The molecule has 0 aliphatic carbocycles. The molecule has 0 saturated carbocycles. The first-order valence-electron chi connectivity index (χ1n) is 4.24. The van der Waals surface area contributed by atoms with E-state index >= 15 is 0 Å². The Morgan fingerprint density at radius 2 is 2.29 bits per heavy atom. The Bertz CT molecular complexity index is 422. The summed E-state index contributed by atoms with van der Waals surface area (Å²) in [5, 5.41) is 0. The molecule has 0 aliphatic rings. The lowest BCUT2D eigenvalue weighted by Gasteiger charge is -2.02. The molecule has 0 atom stereocenters. The maximum atomic E-state index is 10.6. The maximum Gasteiger partial charge on any atom is 0.168 e. The molecule has 0 unspecified atom stereocenters. The lowest BCUT2D eigenvalue weighted by atomic mass is 10.3. The van der Waals surface area contributed by atoms with Gasteiger partial charge in [-0.25, -0.2) is 4.98 Å². The van der Waals surface area contributed by atoms with Gasteiger partial charge in [-0.15, -0.1) is 0 Å². The van der Waals surface area contributed by atoms with Crippen LogP contribution in [0.4, 0.5) is 0 Å². The third kappa shape index (κ3) is 1.69. The third-order valence-corrected chi connectivity index (χ3v) is 1.94. The van der Waals surface area contributed by atoms with E-state index in [4.69, 9.17) is 0 Å². The number of aromatic nitrogens is 3. The van der Waals surface area contributed by atoms with E-state index in [1.165, 1.54) is 0 Å². The van der Waals surface area contributed by atoms with E-state index in [0.717, 1.165) is 11.8 Å². The number of hydrogen-bond acceptors (Lipinski definition) is 3. The van der Waals surface area contributed by atoms with Crippen LogP contribution in [0.1, 0.15) is 16.1 Å². The van der Waals surface area contributed by atoms with E-state index in [1.807, 2.05) is 12.1 Å². The largest absolute Gasteiger partial charge is 0.324 e. The Morgan fingerprint density at radius 3 is 3.00 bits per heavy atom. The van der Waals surface area contributed by atoms with E-state index in [0.29, 0.717) is 12.2 Å². The lowest BCUT2D eigenvalue weighted by molar-refractivity contribution is 0.111. The molecule has 2 aromatic rings. The number of pyridine rings is 1. The highest BCUT2D eigenvalue weighted by Gasteiger charge is 2.00. The molecule has 0 spiro atoms. The molecule has 70 valence electrons. The Balaban J connectivity index is 2.23. The molecule has 0 amide bonds. The smallest absolute Gasteiger partial charge is 0.168 e. The zero-order valence-electron chi connectivity index (χ0n) is 7.50. The second-order valence-corrected chi connectivity index (χ2v) is 2.93. The molecule has 2 heterocycles. The summed E-state index contributed by atoms with van der Waals surface area (Å²) in [6.07, 6.45) is 7.47. The van der Waals surface area contributed by atoms with Gasteiger partial charge in [-0.05, 0) is 11.6 Å². The molecule has 0 aromatic carbocycles. The second kappa shape index (κ2) is 3.83. The van der Waals surface area contributed by atoms with Crippen molar-refractivity contribution in [2.45, 2.75) is 6.54 Å². The minimum absolute atomic E-state index is 0.578. The number of imidazole rings is 1. The summed E-state index contributed by atoms with van der Waals surface area (Å²) >= 11 is 0. The number of hydrogen-bond donors (Lipinski definition) is 0. The molecule has 4 heteroatoms. The molecule has 4 nitrogen and oxygen atoms in total. The van der Waals surface area contributed by atoms with Gasteiger partial charge < -0.3 is 4.57 Å². The number of carbonyl (C=O) groups excluding carboxylic acids is 1.